The van der Waals surface area contributed by atoms with Gasteiger partial charge in [-0.3, -0.25) is 4.79 Å². The average molecular weight is 569 g/mol. The molecule has 0 saturated heterocycles. The Hall–Kier alpha value is 0.110. The molecule has 3 heteroatoms. The third-order valence-corrected chi connectivity index (χ3v) is 10.2. The molecular formula is C33H62BrNO. The molecule has 0 aromatic heterocycles. The fraction of sp³-hybridized carbons (Fsp3) is 0.970. The maximum absolute atomic E-state index is 13.4. The Morgan fingerprint density at radius 2 is 0.972 bits per heavy atom. The van der Waals surface area contributed by atoms with Crippen LogP contribution in [0.3, 0.4) is 0 Å². The molecule has 0 spiro atoms. The summed E-state index contributed by atoms with van der Waals surface area (Å²) in [5.41, 5.74) is 0.114. The van der Waals surface area contributed by atoms with Crippen LogP contribution >= 0.6 is 0 Å². The molecule has 0 radical (unpaired) electrons. The van der Waals surface area contributed by atoms with Crippen LogP contribution in [0.5, 0.6) is 0 Å². The zero-order chi connectivity index (χ0) is 25.0. The van der Waals surface area contributed by atoms with Crippen molar-refractivity contribution >= 4 is 5.78 Å². The van der Waals surface area contributed by atoms with Crippen molar-refractivity contribution in [2.45, 2.75) is 155 Å². The summed E-state index contributed by atoms with van der Waals surface area (Å²) >= 11 is 0. The Bertz CT molecular complexity index is 565. The zero-order valence-corrected chi connectivity index (χ0v) is 26.2. The van der Waals surface area contributed by atoms with E-state index in [1.54, 1.807) is 0 Å². The molecule has 0 unspecified atom stereocenters. The van der Waals surface area contributed by atoms with E-state index in [9.17, 15) is 4.79 Å². The number of Topliss-reactive ketones (excluding diaryl/α,β-unsaturated/α-hetero) is 1. The molecule has 4 aliphatic rings. The van der Waals surface area contributed by atoms with E-state index in [4.69, 9.17) is 0 Å². The van der Waals surface area contributed by atoms with E-state index in [0.29, 0.717) is 5.78 Å². The quantitative estimate of drug-likeness (QED) is 0.114. The number of unbranched alkanes of at least 4 members (excludes halogenated alkanes) is 15. The molecule has 0 aliphatic heterocycles. The number of quaternary nitrogens is 1. The first-order valence-electron chi connectivity index (χ1n) is 16.3. The van der Waals surface area contributed by atoms with Crippen LogP contribution in [0.15, 0.2) is 0 Å². The molecule has 0 atom stereocenters. The summed E-state index contributed by atoms with van der Waals surface area (Å²) in [5, 5.41) is 0. The van der Waals surface area contributed by atoms with Gasteiger partial charge < -0.3 is 21.5 Å². The van der Waals surface area contributed by atoms with Gasteiger partial charge in [0, 0.05) is 5.41 Å². The molecule has 212 valence electrons. The number of ketones is 1. The number of hydrogen-bond donors (Lipinski definition) is 0. The van der Waals surface area contributed by atoms with Gasteiger partial charge in [-0.25, -0.2) is 0 Å². The van der Waals surface area contributed by atoms with Gasteiger partial charge in [-0.2, -0.15) is 0 Å². The third kappa shape index (κ3) is 11.1. The standard InChI is InChI=1S/C33H62NO.BrH/c1-4-5-6-7-8-9-10-11-12-13-14-15-16-17-18-19-21-34(2,3)22-20-32(35)33-26-29-23-30(27-33)25-31(24-29)28-33;/h29-31H,4-28H2,1-3H3;1H/q+1;/p-1. The second kappa shape index (κ2) is 16.9. The number of halogens is 1. The lowest BCUT2D eigenvalue weighted by molar-refractivity contribution is -0.890. The van der Waals surface area contributed by atoms with Crippen LogP contribution in [0.4, 0.5) is 0 Å². The highest BCUT2D eigenvalue weighted by Gasteiger charge is 2.54. The Morgan fingerprint density at radius 1 is 0.611 bits per heavy atom. The lowest BCUT2D eigenvalue weighted by Gasteiger charge is -2.56. The Labute approximate surface area is 236 Å². The summed E-state index contributed by atoms with van der Waals surface area (Å²) in [6, 6.07) is 0. The van der Waals surface area contributed by atoms with E-state index in [1.807, 2.05) is 0 Å². The van der Waals surface area contributed by atoms with Crippen LogP contribution < -0.4 is 17.0 Å². The maximum atomic E-state index is 13.4. The van der Waals surface area contributed by atoms with Crippen LogP contribution in [0.25, 0.3) is 0 Å². The van der Waals surface area contributed by atoms with Crippen molar-refractivity contribution < 1.29 is 26.3 Å². The molecule has 0 aromatic rings. The highest BCUT2D eigenvalue weighted by molar-refractivity contribution is 5.85. The van der Waals surface area contributed by atoms with Gasteiger partial charge in [0.25, 0.3) is 0 Å². The Kier molecular flexibility index (Phi) is 15.2. The normalized spacial score (nSPS) is 26.8. The summed E-state index contributed by atoms with van der Waals surface area (Å²) in [7, 11) is 4.72. The first-order chi connectivity index (χ1) is 16.9. The smallest absolute Gasteiger partial charge is 0.144 e. The third-order valence-electron chi connectivity index (χ3n) is 10.2. The van der Waals surface area contributed by atoms with Crippen LogP contribution in [0, 0.1) is 23.2 Å². The summed E-state index contributed by atoms with van der Waals surface area (Å²) < 4.78 is 1.04. The van der Waals surface area contributed by atoms with Gasteiger partial charge in [0.2, 0.25) is 0 Å². The number of nitrogens with zero attached hydrogens (tertiary/aromatic N) is 1. The first kappa shape index (κ1) is 32.3. The van der Waals surface area contributed by atoms with Gasteiger partial charge in [0.1, 0.15) is 5.78 Å². The molecule has 36 heavy (non-hydrogen) atoms. The van der Waals surface area contributed by atoms with Crippen LogP contribution in [-0.4, -0.2) is 37.5 Å². The molecule has 4 saturated carbocycles. The maximum Gasteiger partial charge on any atom is 0.144 e. The molecule has 4 fully saturated rings. The number of hydrogen-bond acceptors (Lipinski definition) is 1. The predicted molar refractivity (Wildman–Crippen MR) is 152 cm³/mol. The van der Waals surface area contributed by atoms with Crippen molar-refractivity contribution in [3.63, 3.8) is 0 Å². The van der Waals surface area contributed by atoms with Gasteiger partial charge in [0.15, 0.2) is 0 Å². The molecule has 0 N–H and O–H groups in total. The monoisotopic (exact) mass is 567 g/mol. The molecule has 4 bridgehead atoms. The van der Waals surface area contributed by atoms with E-state index in [-0.39, 0.29) is 22.4 Å². The first-order valence-corrected chi connectivity index (χ1v) is 16.3. The van der Waals surface area contributed by atoms with Crippen LogP contribution in [0.1, 0.15) is 155 Å². The van der Waals surface area contributed by atoms with E-state index >= 15 is 0 Å². The molecule has 4 rings (SSSR count). The fourth-order valence-corrected chi connectivity index (χ4v) is 8.32. The molecular weight excluding hydrogens is 506 g/mol. The molecule has 4 aliphatic carbocycles. The van der Waals surface area contributed by atoms with E-state index in [1.165, 1.54) is 148 Å². The van der Waals surface area contributed by atoms with Crippen LogP contribution in [0.2, 0.25) is 0 Å². The number of carbonyl (C=O) groups is 1. The van der Waals surface area contributed by atoms with Crippen molar-refractivity contribution in [1.82, 2.24) is 0 Å². The van der Waals surface area contributed by atoms with Gasteiger partial charge in [-0.05, 0) is 69.1 Å². The number of rotatable bonds is 21. The van der Waals surface area contributed by atoms with Crippen molar-refractivity contribution in [3.05, 3.63) is 0 Å². The van der Waals surface area contributed by atoms with E-state index in [2.05, 4.69) is 21.0 Å². The van der Waals surface area contributed by atoms with Gasteiger partial charge in [-0.15, -0.1) is 0 Å². The second-order valence-electron chi connectivity index (χ2n) is 14.1. The lowest BCUT2D eigenvalue weighted by atomic mass is 9.48. The number of carbonyl (C=O) groups excluding carboxylic acids is 1. The highest BCUT2D eigenvalue weighted by Crippen LogP contribution is 2.60. The average Bonchev–Trinajstić information content (AvgIpc) is 2.81. The minimum atomic E-state index is 0. The summed E-state index contributed by atoms with van der Waals surface area (Å²) in [4.78, 5) is 13.4. The van der Waals surface area contributed by atoms with Gasteiger partial charge in [0.05, 0.1) is 33.6 Å². The molecule has 2 nitrogen and oxygen atoms in total. The van der Waals surface area contributed by atoms with E-state index < -0.39 is 0 Å². The summed E-state index contributed by atoms with van der Waals surface area (Å²) in [6.45, 7) is 4.60. The van der Waals surface area contributed by atoms with E-state index in [0.717, 1.165) is 35.2 Å². The summed E-state index contributed by atoms with van der Waals surface area (Å²) in [6.07, 6.45) is 31.8. The molecule has 0 amide bonds. The summed E-state index contributed by atoms with van der Waals surface area (Å²) in [5.74, 6) is 3.31. The minimum Gasteiger partial charge on any atom is -1.00 e. The van der Waals surface area contributed by atoms with Gasteiger partial charge in [-0.1, -0.05) is 96.8 Å². The van der Waals surface area contributed by atoms with Crippen LogP contribution in [-0.2, 0) is 4.79 Å². The Balaban J connectivity index is 0.00000456. The zero-order valence-electron chi connectivity index (χ0n) is 24.6. The lowest BCUT2D eigenvalue weighted by Crippen LogP contribution is -3.00. The topological polar surface area (TPSA) is 17.1 Å². The Morgan fingerprint density at radius 3 is 1.36 bits per heavy atom. The largest absolute Gasteiger partial charge is 1.00 e. The van der Waals surface area contributed by atoms with Crippen molar-refractivity contribution in [2.24, 2.45) is 23.2 Å². The van der Waals surface area contributed by atoms with Gasteiger partial charge >= 0.3 is 0 Å². The molecule has 0 aromatic carbocycles. The molecule has 0 heterocycles. The minimum absolute atomic E-state index is 0. The second-order valence-corrected chi connectivity index (χ2v) is 14.1. The SMILES string of the molecule is CCCCCCCCCCCCCCCCCC[N+](C)(C)CCC(=O)C12CC3CC(CC(C3)C1)C2.[Br-]. The van der Waals surface area contributed by atoms with Crippen molar-refractivity contribution in [1.29, 1.82) is 0 Å². The van der Waals surface area contributed by atoms with Crippen molar-refractivity contribution in [2.75, 3.05) is 27.2 Å². The fourth-order valence-electron chi connectivity index (χ4n) is 8.32. The predicted octanol–water partition coefficient (Wildman–Crippen LogP) is 6.50. The van der Waals surface area contributed by atoms with Crippen molar-refractivity contribution in [3.8, 4) is 0 Å². The highest BCUT2D eigenvalue weighted by atomic mass is 79.9.